The second-order valence-corrected chi connectivity index (χ2v) is 5.88. The van der Waals surface area contributed by atoms with E-state index in [1.807, 2.05) is 0 Å². The molecule has 0 saturated heterocycles. The van der Waals surface area contributed by atoms with E-state index in [1.54, 1.807) is 0 Å². The monoisotopic (exact) mass is 440 g/mol. The van der Waals surface area contributed by atoms with Crippen LogP contribution in [0.25, 0.3) is 0 Å². The van der Waals surface area contributed by atoms with Crippen LogP contribution in [0, 0.1) is 0 Å². The van der Waals surface area contributed by atoms with E-state index in [1.165, 1.54) is 0 Å². The number of rotatable bonds is 6. The first-order valence-electron chi connectivity index (χ1n) is 3.63. The maximum atomic E-state index is 11.7. The molecule has 0 heterocycles. The molecule has 0 aromatic carbocycles. The van der Waals surface area contributed by atoms with Gasteiger partial charge in [-0.3, -0.25) is 0 Å². The molecule has 0 fully saturated rings. The molecule has 92 valence electrons. The van der Waals surface area contributed by atoms with Crippen molar-refractivity contribution in [3.05, 3.63) is 0 Å². The number of carbonyl (C=O) groups is 3. The summed E-state index contributed by atoms with van der Waals surface area (Å²) in [6.45, 7) is -4.61. The standard InChI is InChI=1S/3C2H3FO2.Bi/c3*3-1-2(4)5;/h3*1H2,(H,4,5);/q;;;+3/p-3. The summed E-state index contributed by atoms with van der Waals surface area (Å²) in [5.41, 5.74) is 0. The second-order valence-electron chi connectivity index (χ2n) is 2.01. The Kier molecular flexibility index (Phi) is 7.79. The van der Waals surface area contributed by atoms with E-state index in [9.17, 15) is 27.6 Å². The Balaban J connectivity index is 4.31. The van der Waals surface area contributed by atoms with Gasteiger partial charge in [0.05, 0.1) is 0 Å². The minimum absolute atomic E-state index is 1.43. The summed E-state index contributed by atoms with van der Waals surface area (Å²) in [7, 11) is 0. The van der Waals surface area contributed by atoms with Gasteiger partial charge >= 0.3 is 97.0 Å². The molecule has 0 aliphatic carbocycles. The van der Waals surface area contributed by atoms with Crippen molar-refractivity contribution >= 4 is 41.0 Å². The number of alkyl halides is 3. The van der Waals surface area contributed by atoms with Crippen molar-refractivity contribution in [1.29, 1.82) is 0 Å². The van der Waals surface area contributed by atoms with Crippen molar-refractivity contribution in [3.63, 3.8) is 0 Å². The SMILES string of the molecule is O=C(CF)[O][Bi]([O]C(=O)CF)[O]C(=O)CF. The van der Waals surface area contributed by atoms with Gasteiger partial charge in [-0.25, -0.2) is 0 Å². The molecule has 10 heteroatoms. The molecule has 0 radical (unpaired) electrons. The van der Waals surface area contributed by atoms with Crippen LogP contribution in [0.3, 0.4) is 0 Å². The van der Waals surface area contributed by atoms with Gasteiger partial charge in [-0.05, 0) is 0 Å². The van der Waals surface area contributed by atoms with Crippen LogP contribution in [0.4, 0.5) is 13.2 Å². The Morgan fingerprint density at radius 2 is 1.00 bits per heavy atom. The quantitative estimate of drug-likeness (QED) is 0.519. The third-order valence-electron chi connectivity index (χ3n) is 0.856. The van der Waals surface area contributed by atoms with E-state index in [2.05, 4.69) is 8.44 Å². The fraction of sp³-hybridized carbons (Fsp3) is 0.500. The van der Waals surface area contributed by atoms with Crippen LogP contribution in [-0.4, -0.2) is 61.0 Å². The topological polar surface area (TPSA) is 78.9 Å². The van der Waals surface area contributed by atoms with E-state index in [-0.39, 0.29) is 0 Å². The van der Waals surface area contributed by atoms with E-state index < -0.39 is 61.0 Å². The fourth-order valence-electron chi connectivity index (χ4n) is 0.378. The summed E-state index contributed by atoms with van der Waals surface area (Å²) in [5.74, 6) is -4.30. The minimum atomic E-state index is -4.40. The predicted molar refractivity (Wildman–Crippen MR) is 42.0 cm³/mol. The molecule has 0 unspecified atom stereocenters. The summed E-state index contributed by atoms with van der Waals surface area (Å²) in [6.07, 6.45) is 0. The number of carbonyl (C=O) groups excluding carboxylic acids is 3. The van der Waals surface area contributed by atoms with Crippen molar-refractivity contribution in [3.8, 4) is 0 Å². The van der Waals surface area contributed by atoms with Gasteiger partial charge < -0.3 is 0 Å². The second kappa shape index (κ2) is 8.26. The van der Waals surface area contributed by atoms with Gasteiger partial charge in [0, 0.05) is 0 Å². The van der Waals surface area contributed by atoms with E-state index in [0.29, 0.717) is 0 Å². The van der Waals surface area contributed by atoms with Crippen molar-refractivity contribution in [2.45, 2.75) is 0 Å². The Hall–Kier alpha value is -0.917. The Labute approximate surface area is 97.2 Å². The van der Waals surface area contributed by atoms with Gasteiger partial charge in [0.15, 0.2) is 0 Å². The van der Waals surface area contributed by atoms with Crippen LogP contribution >= 0.6 is 0 Å². The van der Waals surface area contributed by atoms with E-state index >= 15 is 0 Å². The van der Waals surface area contributed by atoms with Crippen molar-refractivity contribution < 1.29 is 36.0 Å². The van der Waals surface area contributed by atoms with Gasteiger partial charge in [-0.15, -0.1) is 0 Å². The first kappa shape index (κ1) is 15.1. The Morgan fingerprint density at radius 3 is 1.19 bits per heavy atom. The molecular weight excluding hydrogens is 434 g/mol. The van der Waals surface area contributed by atoms with Crippen LogP contribution in [0.15, 0.2) is 0 Å². The number of hydrogen-bond acceptors (Lipinski definition) is 6. The van der Waals surface area contributed by atoms with Crippen LogP contribution in [0.1, 0.15) is 0 Å². The van der Waals surface area contributed by atoms with Crippen molar-refractivity contribution in [2.24, 2.45) is 0 Å². The number of halogens is 3. The van der Waals surface area contributed by atoms with Crippen LogP contribution in [-0.2, 0) is 22.8 Å². The molecule has 6 nitrogen and oxygen atoms in total. The van der Waals surface area contributed by atoms with Crippen molar-refractivity contribution in [1.82, 2.24) is 0 Å². The van der Waals surface area contributed by atoms with Crippen LogP contribution < -0.4 is 0 Å². The molecule has 0 atom stereocenters. The Bertz CT molecular complexity index is 230. The third-order valence-corrected chi connectivity index (χ3v) is 4.97. The maximum absolute atomic E-state index is 11.7. The average molecular weight is 440 g/mol. The molecule has 0 spiro atoms. The van der Waals surface area contributed by atoms with Crippen LogP contribution in [0.2, 0.25) is 0 Å². The summed E-state index contributed by atoms with van der Waals surface area (Å²) in [5, 5.41) is 0. The zero-order valence-corrected chi connectivity index (χ0v) is 11.1. The van der Waals surface area contributed by atoms with Gasteiger partial charge in [-0.2, -0.15) is 0 Å². The summed E-state index contributed by atoms with van der Waals surface area (Å²) in [4.78, 5) is 31.3. The first-order chi connectivity index (χ1) is 7.53. The predicted octanol–water partition coefficient (Wildman–Crippen LogP) is -0.491. The summed E-state index contributed by atoms with van der Waals surface area (Å²) < 4.78 is 47.5. The molecule has 0 aromatic rings. The molecule has 0 bridgehead atoms. The van der Waals surface area contributed by atoms with E-state index in [4.69, 9.17) is 0 Å². The molecule has 16 heavy (non-hydrogen) atoms. The molecule has 0 N–H and O–H groups in total. The van der Waals surface area contributed by atoms with Gasteiger partial charge in [0.1, 0.15) is 0 Å². The normalized spacial score (nSPS) is 9.75. The summed E-state index contributed by atoms with van der Waals surface area (Å²) in [6, 6.07) is 0. The van der Waals surface area contributed by atoms with E-state index in [0.717, 1.165) is 0 Å². The zero-order chi connectivity index (χ0) is 12.6. The molecule has 0 aliphatic rings. The average Bonchev–Trinajstić information content (AvgIpc) is 2.28. The molecular formula is C6H6BiF3O6. The first-order valence-corrected chi connectivity index (χ1v) is 7.89. The summed E-state index contributed by atoms with van der Waals surface area (Å²) >= 11 is -4.40. The van der Waals surface area contributed by atoms with Gasteiger partial charge in [0.25, 0.3) is 0 Å². The third kappa shape index (κ3) is 6.55. The van der Waals surface area contributed by atoms with Gasteiger partial charge in [-0.1, -0.05) is 0 Å². The van der Waals surface area contributed by atoms with Crippen molar-refractivity contribution in [2.75, 3.05) is 20.0 Å². The molecule has 0 aromatic heterocycles. The fourth-order valence-corrected chi connectivity index (χ4v) is 3.32. The molecule has 0 amide bonds. The molecule has 0 saturated carbocycles. The Morgan fingerprint density at radius 1 is 0.750 bits per heavy atom. The number of hydrogen-bond donors (Lipinski definition) is 0. The van der Waals surface area contributed by atoms with Crippen LogP contribution in [0.5, 0.6) is 0 Å². The van der Waals surface area contributed by atoms with Gasteiger partial charge in [0.2, 0.25) is 0 Å². The zero-order valence-electron chi connectivity index (χ0n) is 7.65. The molecule has 0 rings (SSSR count). The molecule has 0 aliphatic heterocycles.